The van der Waals surface area contributed by atoms with Crippen LogP contribution in [0.4, 0.5) is 5.69 Å². The van der Waals surface area contributed by atoms with Gasteiger partial charge in [-0.1, -0.05) is 70.1 Å². The Morgan fingerprint density at radius 2 is 1.73 bits per heavy atom. The number of benzene rings is 2. The molecule has 4 amide bonds. The maximum atomic E-state index is 14.0. The number of hydrogen-bond donors (Lipinski definition) is 1. The predicted octanol–water partition coefficient (Wildman–Crippen LogP) is 5.04. The highest BCUT2D eigenvalue weighted by Crippen LogP contribution is 2.66. The number of rotatable bonds is 5. The van der Waals surface area contributed by atoms with Crippen LogP contribution in [0.25, 0.3) is 0 Å². The molecule has 2 aromatic rings. The SMILES string of the molecule is C=CCc1cccc([C@H]2C3=CC[C@@H]4C(=O)N(c5ccccc5)C(=O)[C@@H]4[C@@H]3C[C@@]3(Cl)C(=O)N(CBr)C(=O)[C@@]23Cl)c1O. The van der Waals surface area contributed by atoms with Crippen molar-refractivity contribution >= 4 is 68.4 Å². The van der Waals surface area contributed by atoms with Crippen molar-refractivity contribution in [3.05, 3.63) is 84.0 Å². The Morgan fingerprint density at radius 3 is 2.40 bits per heavy atom. The molecule has 2 heterocycles. The first-order valence-electron chi connectivity index (χ1n) is 13.0. The molecule has 40 heavy (non-hydrogen) atoms. The number of allylic oxidation sites excluding steroid dienone is 3. The Morgan fingerprint density at radius 1 is 1.00 bits per heavy atom. The average molecular weight is 644 g/mol. The van der Waals surface area contributed by atoms with E-state index in [0.29, 0.717) is 28.8 Å². The second-order valence-electron chi connectivity index (χ2n) is 10.7. The molecule has 0 bridgehead atoms. The Labute approximate surface area is 249 Å². The maximum absolute atomic E-state index is 14.0. The van der Waals surface area contributed by atoms with Gasteiger partial charge in [-0.25, -0.2) is 0 Å². The maximum Gasteiger partial charge on any atom is 0.254 e. The van der Waals surface area contributed by atoms with Gasteiger partial charge in [0, 0.05) is 11.5 Å². The van der Waals surface area contributed by atoms with Crippen LogP contribution >= 0.6 is 39.1 Å². The molecule has 2 saturated heterocycles. The number of carbonyl (C=O) groups is 4. The van der Waals surface area contributed by atoms with Crippen LogP contribution in [0.3, 0.4) is 0 Å². The number of para-hydroxylation sites is 2. The van der Waals surface area contributed by atoms with Crippen LogP contribution < -0.4 is 4.90 Å². The van der Waals surface area contributed by atoms with Gasteiger partial charge in [0.15, 0.2) is 9.75 Å². The number of phenolic OH excluding ortho intramolecular Hbond substituents is 1. The van der Waals surface area contributed by atoms with Crippen molar-refractivity contribution in [1.82, 2.24) is 4.90 Å². The largest absolute Gasteiger partial charge is 0.507 e. The van der Waals surface area contributed by atoms with Crippen molar-refractivity contribution in [3.63, 3.8) is 0 Å². The first-order chi connectivity index (χ1) is 19.1. The summed E-state index contributed by atoms with van der Waals surface area (Å²) in [7, 11) is 0. The molecule has 0 unspecified atom stereocenters. The standard InChI is InChI=1S/C30H25BrCl2N2O5/c1-2-7-16-8-6-11-20(24(16)36)23-18-12-13-19-22(26(38)35(25(19)37)17-9-4-3-5-10-17)21(18)14-29(32)27(39)34(15-31)28(40)30(23,29)33/h2-6,8-12,19,21-23,36H,1,7,13-15H2/t19-,21+,22-,23+,29+,30-/m0/s1. The first-order valence-corrected chi connectivity index (χ1v) is 14.8. The fraction of sp³-hybridized carbons (Fsp3) is 0.333. The Kier molecular flexibility index (Phi) is 6.52. The van der Waals surface area contributed by atoms with Gasteiger partial charge in [0.05, 0.1) is 23.0 Å². The smallest absolute Gasteiger partial charge is 0.254 e. The number of anilines is 1. The second-order valence-corrected chi connectivity index (χ2v) is 12.4. The number of amides is 4. The van der Waals surface area contributed by atoms with Gasteiger partial charge in [-0.15, -0.1) is 29.8 Å². The minimum atomic E-state index is -1.97. The summed E-state index contributed by atoms with van der Waals surface area (Å²) in [6.45, 7) is 3.76. The highest BCUT2D eigenvalue weighted by molar-refractivity contribution is 9.09. The van der Waals surface area contributed by atoms with Crippen LogP contribution in [0.15, 0.2) is 72.8 Å². The fourth-order valence-corrected chi connectivity index (χ4v) is 8.51. The number of imide groups is 2. The molecule has 0 radical (unpaired) electrons. The van der Waals surface area contributed by atoms with Crippen molar-refractivity contribution < 1.29 is 24.3 Å². The molecular formula is C30H25BrCl2N2O5. The summed E-state index contributed by atoms with van der Waals surface area (Å²) in [5.41, 5.74) is 1.90. The Balaban J connectivity index is 1.55. The van der Waals surface area contributed by atoms with E-state index in [1.54, 1.807) is 54.6 Å². The molecule has 0 spiro atoms. The molecule has 6 atom stereocenters. The summed E-state index contributed by atoms with van der Waals surface area (Å²) in [5, 5.41) is 11.4. The topological polar surface area (TPSA) is 95.0 Å². The van der Waals surface area contributed by atoms with Gasteiger partial charge >= 0.3 is 0 Å². The van der Waals surface area contributed by atoms with Gasteiger partial charge in [0.2, 0.25) is 11.8 Å². The summed E-state index contributed by atoms with van der Waals surface area (Å²) in [5.74, 6) is -5.24. The lowest BCUT2D eigenvalue weighted by Gasteiger charge is -2.50. The fourth-order valence-electron chi connectivity index (χ4n) is 7.09. The summed E-state index contributed by atoms with van der Waals surface area (Å²) >= 11 is 17.7. The van der Waals surface area contributed by atoms with Gasteiger partial charge in [-0.3, -0.25) is 29.0 Å². The van der Waals surface area contributed by atoms with E-state index < -0.39 is 45.2 Å². The van der Waals surface area contributed by atoms with Crippen LogP contribution in [0.5, 0.6) is 5.75 Å². The number of halogens is 3. The van der Waals surface area contributed by atoms with Crippen LogP contribution in [-0.2, 0) is 25.6 Å². The number of fused-ring (bicyclic) bond motifs is 4. The zero-order valence-electron chi connectivity index (χ0n) is 21.2. The normalized spacial score (nSPS) is 33.0. The van der Waals surface area contributed by atoms with Gasteiger partial charge in [0.25, 0.3) is 11.8 Å². The molecule has 10 heteroatoms. The summed E-state index contributed by atoms with van der Waals surface area (Å²) in [6, 6.07) is 13.9. The third-order valence-corrected chi connectivity index (χ3v) is 10.8. The lowest BCUT2D eigenvalue weighted by molar-refractivity contribution is -0.138. The van der Waals surface area contributed by atoms with Gasteiger partial charge in [-0.05, 0) is 42.9 Å². The van der Waals surface area contributed by atoms with Crippen molar-refractivity contribution in [1.29, 1.82) is 0 Å². The third kappa shape index (κ3) is 3.42. The first kappa shape index (κ1) is 27.2. The highest BCUT2D eigenvalue weighted by Gasteiger charge is 2.76. The molecular weight excluding hydrogens is 619 g/mol. The highest BCUT2D eigenvalue weighted by atomic mass is 79.9. The lowest BCUT2D eigenvalue weighted by Crippen LogP contribution is -2.60. The number of nitrogens with zero attached hydrogens (tertiary/aromatic N) is 2. The zero-order valence-corrected chi connectivity index (χ0v) is 24.3. The van der Waals surface area contributed by atoms with Crippen molar-refractivity contribution in [2.24, 2.45) is 17.8 Å². The summed E-state index contributed by atoms with van der Waals surface area (Å²) in [6.07, 6.45) is 4.00. The molecule has 4 aliphatic rings. The van der Waals surface area contributed by atoms with E-state index in [-0.39, 0.29) is 35.9 Å². The van der Waals surface area contributed by atoms with Crippen LogP contribution in [0.2, 0.25) is 0 Å². The van der Waals surface area contributed by atoms with Gasteiger partial charge < -0.3 is 5.11 Å². The molecule has 3 fully saturated rings. The Hall–Kier alpha value is -2.94. The molecule has 1 saturated carbocycles. The molecule has 206 valence electrons. The summed E-state index contributed by atoms with van der Waals surface area (Å²) < 4.78 is 0. The van der Waals surface area contributed by atoms with Crippen LogP contribution in [0, 0.1) is 17.8 Å². The van der Waals surface area contributed by atoms with E-state index in [0.717, 1.165) is 4.90 Å². The van der Waals surface area contributed by atoms with Crippen LogP contribution in [0.1, 0.15) is 29.9 Å². The third-order valence-electron chi connectivity index (χ3n) is 8.86. The monoisotopic (exact) mass is 642 g/mol. The predicted molar refractivity (Wildman–Crippen MR) is 154 cm³/mol. The quantitative estimate of drug-likeness (QED) is 0.213. The number of likely N-dealkylation sites (tertiary alicyclic amines) is 1. The molecule has 6 rings (SSSR count). The lowest BCUT2D eigenvalue weighted by atomic mass is 9.56. The van der Waals surface area contributed by atoms with Crippen LogP contribution in [-0.4, -0.2) is 48.8 Å². The number of phenols is 1. The summed E-state index contributed by atoms with van der Waals surface area (Å²) in [4.78, 5) is 53.4. The minimum Gasteiger partial charge on any atom is -0.507 e. The average Bonchev–Trinajstić information content (AvgIpc) is 3.28. The van der Waals surface area contributed by atoms with Gasteiger partial charge in [-0.2, -0.15) is 0 Å². The van der Waals surface area contributed by atoms with Crippen molar-refractivity contribution in [3.8, 4) is 5.75 Å². The zero-order chi connectivity index (χ0) is 28.6. The molecule has 1 N–H and O–H groups in total. The number of alkyl halides is 3. The second kappa shape index (κ2) is 9.57. The number of aromatic hydroxyl groups is 1. The van der Waals surface area contributed by atoms with E-state index in [9.17, 15) is 24.3 Å². The Bertz CT molecular complexity index is 1510. The van der Waals surface area contributed by atoms with E-state index in [4.69, 9.17) is 23.2 Å². The molecule has 2 aliphatic carbocycles. The molecule has 7 nitrogen and oxygen atoms in total. The van der Waals surface area contributed by atoms with E-state index in [1.807, 2.05) is 6.08 Å². The van der Waals surface area contributed by atoms with Crippen molar-refractivity contribution in [2.75, 3.05) is 10.4 Å². The number of hydrogen-bond acceptors (Lipinski definition) is 5. The number of carbonyl (C=O) groups excluding carboxylic acids is 4. The van der Waals surface area contributed by atoms with Crippen molar-refractivity contribution in [2.45, 2.75) is 34.9 Å². The van der Waals surface area contributed by atoms with E-state index >= 15 is 0 Å². The molecule has 0 aromatic heterocycles. The molecule has 2 aromatic carbocycles. The van der Waals surface area contributed by atoms with E-state index in [2.05, 4.69) is 22.5 Å². The molecule has 2 aliphatic heterocycles. The van der Waals surface area contributed by atoms with E-state index in [1.165, 1.54) is 4.90 Å². The minimum absolute atomic E-state index is 0.0765. The van der Waals surface area contributed by atoms with Gasteiger partial charge in [0.1, 0.15) is 5.75 Å².